The molecule has 0 aliphatic heterocycles. The maximum atomic E-state index is 5.99. The lowest BCUT2D eigenvalue weighted by atomic mass is 10.0. The van der Waals surface area contributed by atoms with Gasteiger partial charge in [-0.3, -0.25) is 0 Å². The number of benzene rings is 2. The van der Waals surface area contributed by atoms with E-state index in [1.54, 1.807) is 6.08 Å². The Morgan fingerprint density at radius 2 is 2.06 bits per heavy atom. The summed E-state index contributed by atoms with van der Waals surface area (Å²) in [7, 11) is 0. The van der Waals surface area contributed by atoms with Gasteiger partial charge in [0, 0.05) is 22.5 Å². The Bertz CT molecular complexity index is 563. The molecular formula is C15H16ClNO. The van der Waals surface area contributed by atoms with Gasteiger partial charge in [-0.05, 0) is 18.4 Å². The molecule has 0 aliphatic rings. The lowest BCUT2D eigenvalue weighted by Crippen LogP contribution is -2.08. The van der Waals surface area contributed by atoms with E-state index in [9.17, 15) is 0 Å². The van der Waals surface area contributed by atoms with Gasteiger partial charge in [-0.2, -0.15) is 0 Å². The van der Waals surface area contributed by atoms with Crippen LogP contribution in [0.5, 0.6) is 5.75 Å². The molecule has 2 rings (SSSR count). The van der Waals surface area contributed by atoms with Crippen LogP contribution in [0.1, 0.15) is 18.5 Å². The van der Waals surface area contributed by atoms with Gasteiger partial charge in [0.1, 0.15) is 12.4 Å². The third-order valence-corrected chi connectivity index (χ3v) is 2.99. The second kappa shape index (κ2) is 5.89. The summed E-state index contributed by atoms with van der Waals surface area (Å²) in [6, 6.07) is 12.1. The third kappa shape index (κ3) is 2.66. The van der Waals surface area contributed by atoms with Gasteiger partial charge in [0.25, 0.3) is 0 Å². The van der Waals surface area contributed by atoms with Crippen molar-refractivity contribution in [2.24, 2.45) is 5.73 Å². The first-order valence-corrected chi connectivity index (χ1v) is 6.33. The Morgan fingerprint density at radius 3 is 2.78 bits per heavy atom. The standard InChI is InChI=1S/C15H16ClNO/c1-11(17)13-8-7-12-5-2-3-6-14(12)15(13)18-10-4-9-16/h2-9,11H,10,17H2,1H3/t11-/m0/s1. The highest BCUT2D eigenvalue weighted by molar-refractivity contribution is 6.25. The molecule has 0 aliphatic carbocycles. The second-order valence-corrected chi connectivity index (χ2v) is 4.42. The SMILES string of the molecule is C[C@H](N)c1ccc2ccccc2c1OCC=CCl. The van der Waals surface area contributed by atoms with E-state index in [1.807, 2.05) is 31.2 Å². The minimum absolute atomic E-state index is 0.0652. The Hall–Kier alpha value is -1.51. The molecule has 0 aromatic heterocycles. The molecule has 0 radical (unpaired) electrons. The molecule has 2 N–H and O–H groups in total. The zero-order valence-electron chi connectivity index (χ0n) is 10.3. The molecule has 2 aromatic carbocycles. The van der Waals surface area contributed by atoms with Gasteiger partial charge < -0.3 is 10.5 Å². The Kier molecular flexibility index (Phi) is 4.24. The molecule has 0 fully saturated rings. The summed E-state index contributed by atoms with van der Waals surface area (Å²) < 4.78 is 5.80. The largest absolute Gasteiger partial charge is 0.488 e. The first kappa shape index (κ1) is 12.9. The van der Waals surface area contributed by atoms with Crippen molar-refractivity contribution in [2.45, 2.75) is 13.0 Å². The van der Waals surface area contributed by atoms with Gasteiger partial charge in [-0.1, -0.05) is 48.0 Å². The Balaban J connectivity index is 2.51. The maximum Gasteiger partial charge on any atom is 0.132 e. The lowest BCUT2D eigenvalue weighted by Gasteiger charge is -2.15. The number of nitrogens with two attached hydrogens (primary N) is 1. The number of hydrogen-bond acceptors (Lipinski definition) is 2. The molecule has 0 amide bonds. The zero-order valence-corrected chi connectivity index (χ0v) is 11.0. The number of halogens is 1. The van der Waals surface area contributed by atoms with Crippen LogP contribution in [-0.4, -0.2) is 6.61 Å². The fraction of sp³-hybridized carbons (Fsp3) is 0.200. The number of rotatable bonds is 4. The summed E-state index contributed by atoms with van der Waals surface area (Å²) in [5, 5.41) is 2.22. The maximum absolute atomic E-state index is 5.99. The van der Waals surface area contributed by atoms with Gasteiger partial charge in [0.05, 0.1) is 0 Å². The summed E-state index contributed by atoms with van der Waals surface area (Å²) in [4.78, 5) is 0. The molecule has 18 heavy (non-hydrogen) atoms. The van der Waals surface area contributed by atoms with Gasteiger partial charge in [0.2, 0.25) is 0 Å². The molecule has 0 heterocycles. The van der Waals surface area contributed by atoms with Crippen LogP contribution < -0.4 is 10.5 Å². The summed E-state index contributed by atoms with van der Waals surface area (Å²) in [6.45, 7) is 2.39. The Morgan fingerprint density at radius 1 is 1.28 bits per heavy atom. The molecular weight excluding hydrogens is 246 g/mol. The van der Waals surface area contributed by atoms with Crippen molar-refractivity contribution in [1.29, 1.82) is 0 Å². The van der Waals surface area contributed by atoms with Gasteiger partial charge >= 0.3 is 0 Å². The van der Waals surface area contributed by atoms with E-state index in [4.69, 9.17) is 22.1 Å². The highest BCUT2D eigenvalue weighted by Crippen LogP contribution is 2.32. The third-order valence-electron chi connectivity index (χ3n) is 2.81. The van der Waals surface area contributed by atoms with Crippen LogP contribution in [-0.2, 0) is 0 Å². The topological polar surface area (TPSA) is 35.2 Å². The van der Waals surface area contributed by atoms with Crippen LogP contribution in [0.25, 0.3) is 10.8 Å². The fourth-order valence-electron chi connectivity index (χ4n) is 1.95. The molecule has 3 heteroatoms. The fourth-order valence-corrected chi connectivity index (χ4v) is 2.02. The van der Waals surface area contributed by atoms with E-state index in [1.165, 1.54) is 5.54 Å². The van der Waals surface area contributed by atoms with E-state index in [0.717, 1.165) is 22.1 Å². The predicted octanol–water partition coefficient (Wildman–Crippen LogP) is 3.99. The van der Waals surface area contributed by atoms with Crippen molar-refractivity contribution in [3.05, 3.63) is 53.6 Å². The number of fused-ring (bicyclic) bond motifs is 1. The normalized spacial score (nSPS) is 13.1. The number of ether oxygens (including phenoxy) is 1. The van der Waals surface area contributed by atoms with Crippen LogP contribution in [0.15, 0.2) is 48.0 Å². The molecule has 0 unspecified atom stereocenters. The molecule has 0 saturated carbocycles. The highest BCUT2D eigenvalue weighted by atomic mass is 35.5. The van der Waals surface area contributed by atoms with Crippen LogP contribution in [0, 0.1) is 0 Å². The molecule has 1 atom stereocenters. The smallest absolute Gasteiger partial charge is 0.132 e. The van der Waals surface area contributed by atoms with Gasteiger partial charge in [0.15, 0.2) is 0 Å². The molecule has 0 saturated heterocycles. The van der Waals surface area contributed by atoms with Crippen LogP contribution in [0.4, 0.5) is 0 Å². The highest BCUT2D eigenvalue weighted by Gasteiger charge is 2.11. The molecule has 94 valence electrons. The average Bonchev–Trinajstić information content (AvgIpc) is 2.38. The van der Waals surface area contributed by atoms with Crippen molar-refractivity contribution in [3.8, 4) is 5.75 Å². The van der Waals surface area contributed by atoms with E-state index < -0.39 is 0 Å². The average molecular weight is 262 g/mol. The lowest BCUT2D eigenvalue weighted by molar-refractivity contribution is 0.361. The Labute approximate surface area is 112 Å². The summed E-state index contributed by atoms with van der Waals surface area (Å²) in [6.07, 6.45) is 1.76. The molecule has 0 bridgehead atoms. The van der Waals surface area contributed by atoms with E-state index in [-0.39, 0.29) is 6.04 Å². The van der Waals surface area contributed by atoms with Gasteiger partial charge in [-0.15, -0.1) is 0 Å². The first-order valence-electron chi connectivity index (χ1n) is 5.89. The van der Waals surface area contributed by atoms with E-state index in [0.29, 0.717) is 6.61 Å². The summed E-state index contributed by atoms with van der Waals surface area (Å²) in [5.74, 6) is 0.845. The molecule has 2 aromatic rings. The van der Waals surface area contributed by atoms with E-state index >= 15 is 0 Å². The van der Waals surface area contributed by atoms with Crippen LogP contribution >= 0.6 is 11.6 Å². The van der Waals surface area contributed by atoms with E-state index in [2.05, 4.69) is 12.1 Å². The van der Waals surface area contributed by atoms with Gasteiger partial charge in [-0.25, -0.2) is 0 Å². The quantitative estimate of drug-likeness (QED) is 0.903. The van der Waals surface area contributed by atoms with Crippen LogP contribution in [0.2, 0.25) is 0 Å². The predicted molar refractivity (Wildman–Crippen MR) is 77.0 cm³/mol. The molecule has 2 nitrogen and oxygen atoms in total. The van der Waals surface area contributed by atoms with Crippen molar-refractivity contribution < 1.29 is 4.74 Å². The first-order chi connectivity index (χ1) is 8.74. The number of hydrogen-bond donors (Lipinski definition) is 1. The minimum atomic E-state index is -0.0652. The molecule has 0 spiro atoms. The van der Waals surface area contributed by atoms with Crippen molar-refractivity contribution in [1.82, 2.24) is 0 Å². The second-order valence-electron chi connectivity index (χ2n) is 4.17. The van der Waals surface area contributed by atoms with Crippen LogP contribution in [0.3, 0.4) is 0 Å². The van der Waals surface area contributed by atoms with Crippen molar-refractivity contribution in [2.75, 3.05) is 6.61 Å². The monoisotopic (exact) mass is 261 g/mol. The zero-order chi connectivity index (χ0) is 13.0. The minimum Gasteiger partial charge on any atom is -0.488 e. The summed E-state index contributed by atoms with van der Waals surface area (Å²) >= 11 is 5.50. The van der Waals surface area contributed by atoms with Crippen molar-refractivity contribution in [3.63, 3.8) is 0 Å². The van der Waals surface area contributed by atoms with Crippen molar-refractivity contribution >= 4 is 22.4 Å². The summed E-state index contributed by atoms with van der Waals surface area (Å²) in [5.41, 5.74) is 8.45.